The Morgan fingerprint density at radius 2 is 2.16 bits per heavy atom. The quantitative estimate of drug-likeness (QED) is 0.915. The van der Waals surface area contributed by atoms with E-state index >= 15 is 0 Å². The molecule has 0 aliphatic carbocycles. The van der Waals surface area contributed by atoms with Crippen molar-refractivity contribution in [1.29, 1.82) is 0 Å². The summed E-state index contributed by atoms with van der Waals surface area (Å²) in [4.78, 5) is 10.4. The third kappa shape index (κ3) is 3.79. The van der Waals surface area contributed by atoms with Crippen LogP contribution in [0.25, 0.3) is 10.6 Å². The van der Waals surface area contributed by atoms with Gasteiger partial charge in [-0.05, 0) is 18.2 Å². The fourth-order valence-corrected chi connectivity index (χ4v) is 2.58. The number of hydrogen-bond donors (Lipinski definition) is 1. The maximum absolute atomic E-state index is 10.4. The van der Waals surface area contributed by atoms with Crippen LogP contribution in [0.2, 0.25) is 10.0 Å². The number of rotatable bonds is 5. The average Bonchev–Trinajstić information content (AvgIpc) is 2.77. The van der Waals surface area contributed by atoms with Crippen molar-refractivity contribution in [2.45, 2.75) is 6.42 Å². The van der Waals surface area contributed by atoms with Gasteiger partial charge in [0, 0.05) is 10.6 Å². The zero-order valence-electron chi connectivity index (χ0n) is 9.47. The molecule has 0 aliphatic rings. The molecule has 1 aromatic heterocycles. The van der Waals surface area contributed by atoms with Gasteiger partial charge in [-0.3, -0.25) is 4.79 Å². The highest BCUT2D eigenvalue weighted by Crippen LogP contribution is 2.34. The third-order valence-electron chi connectivity index (χ3n) is 2.11. The lowest BCUT2D eigenvalue weighted by Crippen LogP contribution is -2.04. The molecule has 2 rings (SSSR count). The second-order valence-corrected chi connectivity index (χ2v) is 5.27. The van der Waals surface area contributed by atoms with Crippen molar-refractivity contribution in [2.75, 3.05) is 6.61 Å². The van der Waals surface area contributed by atoms with Gasteiger partial charge < -0.3 is 9.84 Å². The van der Waals surface area contributed by atoms with Crippen LogP contribution in [-0.4, -0.2) is 27.9 Å². The van der Waals surface area contributed by atoms with E-state index < -0.39 is 5.97 Å². The van der Waals surface area contributed by atoms with E-state index in [9.17, 15) is 4.79 Å². The van der Waals surface area contributed by atoms with Crippen molar-refractivity contribution < 1.29 is 14.6 Å². The van der Waals surface area contributed by atoms with Crippen LogP contribution in [-0.2, 0) is 4.79 Å². The van der Waals surface area contributed by atoms with Crippen molar-refractivity contribution in [1.82, 2.24) is 10.2 Å². The highest BCUT2D eigenvalue weighted by Gasteiger charge is 2.11. The first-order valence-electron chi connectivity index (χ1n) is 5.20. The monoisotopic (exact) mass is 318 g/mol. The lowest BCUT2D eigenvalue weighted by Gasteiger charge is -1.99. The van der Waals surface area contributed by atoms with Gasteiger partial charge in [0.15, 0.2) is 5.01 Å². The van der Waals surface area contributed by atoms with Crippen molar-refractivity contribution in [3.05, 3.63) is 28.2 Å². The van der Waals surface area contributed by atoms with E-state index in [-0.39, 0.29) is 13.0 Å². The van der Waals surface area contributed by atoms with Crippen LogP contribution in [0.5, 0.6) is 5.19 Å². The molecule has 0 saturated carbocycles. The third-order valence-corrected chi connectivity index (χ3v) is 3.53. The minimum atomic E-state index is -0.925. The van der Waals surface area contributed by atoms with E-state index in [0.717, 1.165) is 0 Å². The van der Waals surface area contributed by atoms with Gasteiger partial charge in [-0.1, -0.05) is 39.6 Å². The number of aromatic nitrogens is 2. The molecule has 1 N–H and O–H groups in total. The Morgan fingerprint density at radius 1 is 1.37 bits per heavy atom. The topological polar surface area (TPSA) is 72.3 Å². The summed E-state index contributed by atoms with van der Waals surface area (Å²) in [7, 11) is 0. The van der Waals surface area contributed by atoms with Crippen LogP contribution in [0.4, 0.5) is 0 Å². The Labute approximate surface area is 122 Å². The summed E-state index contributed by atoms with van der Waals surface area (Å²) in [6, 6.07) is 5.06. The van der Waals surface area contributed by atoms with E-state index in [1.54, 1.807) is 18.2 Å². The second kappa shape index (κ2) is 6.18. The summed E-state index contributed by atoms with van der Waals surface area (Å²) >= 11 is 13.1. The van der Waals surface area contributed by atoms with E-state index in [4.69, 9.17) is 33.0 Å². The van der Waals surface area contributed by atoms with E-state index in [1.807, 2.05) is 0 Å². The molecule has 0 spiro atoms. The number of halogens is 2. The van der Waals surface area contributed by atoms with Crippen molar-refractivity contribution >= 4 is 40.5 Å². The van der Waals surface area contributed by atoms with Crippen LogP contribution in [0.15, 0.2) is 18.2 Å². The standard InChI is InChI=1S/C11H8Cl2N2O3S/c12-6-1-2-7(8(13)5-6)10-14-15-11(19-10)18-4-3-9(16)17/h1-2,5H,3-4H2,(H,16,17). The number of carboxylic acids is 1. The molecule has 0 unspecified atom stereocenters. The van der Waals surface area contributed by atoms with Crippen LogP contribution in [0.1, 0.15) is 6.42 Å². The molecule has 0 amide bonds. The number of nitrogens with zero attached hydrogens (tertiary/aromatic N) is 2. The molecule has 0 bridgehead atoms. The van der Waals surface area contributed by atoms with Crippen molar-refractivity contribution in [3.63, 3.8) is 0 Å². The number of benzene rings is 1. The molecule has 8 heteroatoms. The Balaban J connectivity index is 2.10. The highest BCUT2D eigenvalue weighted by molar-refractivity contribution is 7.16. The fraction of sp³-hybridized carbons (Fsp3) is 0.182. The summed E-state index contributed by atoms with van der Waals surface area (Å²) in [5.74, 6) is -0.925. The molecule has 2 aromatic rings. The average molecular weight is 319 g/mol. The molecule has 5 nitrogen and oxygen atoms in total. The molecular formula is C11H8Cl2N2O3S. The minimum Gasteiger partial charge on any atom is -0.481 e. The maximum Gasteiger partial charge on any atom is 0.306 e. The SMILES string of the molecule is O=C(O)CCOc1nnc(-c2ccc(Cl)cc2Cl)s1. The molecule has 0 aliphatic heterocycles. The molecular weight excluding hydrogens is 311 g/mol. The Bertz CT molecular complexity index is 603. The second-order valence-electron chi connectivity index (χ2n) is 3.49. The van der Waals surface area contributed by atoms with Crippen LogP contribution in [0.3, 0.4) is 0 Å². The first-order chi connectivity index (χ1) is 9.06. The van der Waals surface area contributed by atoms with Gasteiger partial charge >= 0.3 is 5.97 Å². The number of hydrogen-bond acceptors (Lipinski definition) is 5. The first-order valence-corrected chi connectivity index (χ1v) is 6.77. The predicted molar refractivity (Wildman–Crippen MR) is 73.1 cm³/mol. The van der Waals surface area contributed by atoms with Gasteiger partial charge in [0.05, 0.1) is 11.4 Å². The van der Waals surface area contributed by atoms with Gasteiger partial charge in [-0.15, -0.1) is 5.10 Å². The normalized spacial score (nSPS) is 10.4. The molecule has 1 heterocycles. The summed E-state index contributed by atoms with van der Waals surface area (Å²) < 4.78 is 5.18. The van der Waals surface area contributed by atoms with Gasteiger partial charge in [-0.25, -0.2) is 0 Å². The maximum atomic E-state index is 10.4. The number of ether oxygens (including phenoxy) is 1. The Hall–Kier alpha value is -1.37. The smallest absolute Gasteiger partial charge is 0.306 e. The lowest BCUT2D eigenvalue weighted by molar-refractivity contribution is -0.137. The number of aliphatic carboxylic acids is 1. The van der Waals surface area contributed by atoms with E-state index in [0.29, 0.717) is 25.8 Å². The zero-order chi connectivity index (χ0) is 13.8. The van der Waals surface area contributed by atoms with E-state index in [2.05, 4.69) is 10.2 Å². The summed E-state index contributed by atoms with van der Waals surface area (Å²) in [6.07, 6.45) is -0.0867. The van der Waals surface area contributed by atoms with Crippen molar-refractivity contribution in [3.8, 4) is 15.8 Å². The Morgan fingerprint density at radius 3 is 2.84 bits per heavy atom. The van der Waals surface area contributed by atoms with Gasteiger partial charge in [0.25, 0.3) is 5.19 Å². The van der Waals surface area contributed by atoms with E-state index in [1.165, 1.54) is 11.3 Å². The van der Waals surface area contributed by atoms with Crippen LogP contribution in [0, 0.1) is 0 Å². The molecule has 0 radical (unpaired) electrons. The van der Waals surface area contributed by atoms with Crippen molar-refractivity contribution in [2.24, 2.45) is 0 Å². The molecule has 0 fully saturated rings. The number of carbonyl (C=O) groups is 1. The lowest BCUT2D eigenvalue weighted by atomic mass is 10.2. The summed E-state index contributed by atoms with van der Waals surface area (Å²) in [6.45, 7) is 0.0539. The van der Waals surface area contributed by atoms with Gasteiger partial charge in [0.1, 0.15) is 6.61 Å². The Kier molecular flexibility index (Phi) is 4.57. The number of carboxylic acid groups (broad SMARTS) is 1. The summed E-state index contributed by atoms with van der Waals surface area (Å²) in [5.41, 5.74) is 0.705. The highest BCUT2D eigenvalue weighted by atomic mass is 35.5. The predicted octanol–water partition coefficient (Wildman–Crippen LogP) is 3.37. The van der Waals surface area contributed by atoms with Gasteiger partial charge in [-0.2, -0.15) is 0 Å². The van der Waals surface area contributed by atoms with Gasteiger partial charge in [0.2, 0.25) is 0 Å². The fourth-order valence-electron chi connectivity index (χ4n) is 1.27. The molecule has 0 saturated heterocycles. The summed E-state index contributed by atoms with van der Waals surface area (Å²) in [5, 5.41) is 18.2. The molecule has 0 atom stereocenters. The molecule has 100 valence electrons. The minimum absolute atomic E-state index is 0.0539. The largest absolute Gasteiger partial charge is 0.481 e. The molecule has 1 aromatic carbocycles. The zero-order valence-corrected chi connectivity index (χ0v) is 11.8. The first kappa shape index (κ1) is 14.0. The van der Waals surface area contributed by atoms with Crippen LogP contribution >= 0.6 is 34.5 Å². The molecule has 19 heavy (non-hydrogen) atoms. The van der Waals surface area contributed by atoms with Crippen LogP contribution < -0.4 is 4.74 Å².